The third-order valence-electron chi connectivity index (χ3n) is 2.93. The van der Waals surface area contributed by atoms with Crippen molar-refractivity contribution >= 4 is 11.7 Å². The van der Waals surface area contributed by atoms with Crippen LogP contribution in [0.3, 0.4) is 0 Å². The van der Waals surface area contributed by atoms with Crippen molar-refractivity contribution in [3.63, 3.8) is 0 Å². The largest absolute Gasteiger partial charge is 0.491 e. The van der Waals surface area contributed by atoms with Crippen LogP contribution in [-0.2, 0) is 0 Å². The number of likely N-dealkylation sites (tertiary alicyclic amines) is 1. The van der Waals surface area contributed by atoms with Gasteiger partial charge in [0, 0.05) is 18.8 Å². The van der Waals surface area contributed by atoms with Gasteiger partial charge < -0.3 is 20.1 Å². The number of aliphatic hydroxyl groups is 1. The predicted molar refractivity (Wildman–Crippen MR) is 73.4 cm³/mol. The van der Waals surface area contributed by atoms with Crippen LogP contribution in [0.15, 0.2) is 24.3 Å². The van der Waals surface area contributed by atoms with Gasteiger partial charge in [-0.25, -0.2) is 4.79 Å². The Bertz CT molecular complexity index is 431. The van der Waals surface area contributed by atoms with E-state index in [4.69, 9.17) is 4.74 Å². The minimum absolute atomic E-state index is 0.131. The van der Waals surface area contributed by atoms with Crippen molar-refractivity contribution in [2.24, 2.45) is 0 Å². The maximum atomic E-state index is 11.9. The molecule has 0 saturated carbocycles. The van der Waals surface area contributed by atoms with Crippen LogP contribution in [0.1, 0.15) is 20.3 Å². The molecule has 0 spiro atoms. The van der Waals surface area contributed by atoms with Crippen LogP contribution < -0.4 is 10.1 Å². The fourth-order valence-electron chi connectivity index (χ4n) is 2.02. The fourth-order valence-corrected chi connectivity index (χ4v) is 2.02. The average molecular weight is 264 g/mol. The predicted octanol–water partition coefficient (Wildman–Crippen LogP) is 2.07. The highest BCUT2D eigenvalue weighted by molar-refractivity contribution is 5.89. The molecule has 0 aromatic heterocycles. The molecule has 1 aliphatic rings. The van der Waals surface area contributed by atoms with Gasteiger partial charge in [0.15, 0.2) is 0 Å². The van der Waals surface area contributed by atoms with E-state index in [0.29, 0.717) is 19.5 Å². The summed E-state index contributed by atoms with van der Waals surface area (Å²) in [5.41, 5.74) is 0.725. The SMILES string of the molecule is CC(C)Oc1ccc(NC(=O)N2CC[C@@H](O)C2)cc1. The number of nitrogens with one attached hydrogen (secondary N) is 1. The van der Waals surface area contributed by atoms with E-state index in [1.165, 1.54) is 0 Å². The zero-order chi connectivity index (χ0) is 13.8. The summed E-state index contributed by atoms with van der Waals surface area (Å²) in [6.45, 7) is 4.94. The lowest BCUT2D eigenvalue weighted by molar-refractivity contribution is 0.176. The highest BCUT2D eigenvalue weighted by Crippen LogP contribution is 2.18. The molecule has 1 saturated heterocycles. The van der Waals surface area contributed by atoms with E-state index in [9.17, 15) is 9.90 Å². The molecule has 1 aromatic carbocycles. The van der Waals surface area contributed by atoms with Crippen LogP contribution >= 0.6 is 0 Å². The smallest absolute Gasteiger partial charge is 0.321 e. The highest BCUT2D eigenvalue weighted by Gasteiger charge is 2.24. The molecule has 0 radical (unpaired) electrons. The second kappa shape index (κ2) is 5.93. The second-order valence-electron chi connectivity index (χ2n) is 5.01. The number of benzene rings is 1. The maximum absolute atomic E-state index is 11.9. The van der Waals surface area contributed by atoms with Crippen LogP contribution in [0.4, 0.5) is 10.5 Å². The quantitative estimate of drug-likeness (QED) is 0.878. The lowest BCUT2D eigenvalue weighted by atomic mass is 10.3. The summed E-state index contributed by atoms with van der Waals surface area (Å²) in [5, 5.41) is 12.2. The van der Waals surface area contributed by atoms with Crippen molar-refractivity contribution in [3.05, 3.63) is 24.3 Å². The molecule has 2 amide bonds. The third kappa shape index (κ3) is 3.86. The third-order valence-corrected chi connectivity index (χ3v) is 2.93. The number of hydrogen-bond donors (Lipinski definition) is 2. The first-order valence-electron chi connectivity index (χ1n) is 6.55. The number of urea groups is 1. The Labute approximate surface area is 113 Å². The summed E-state index contributed by atoms with van der Waals surface area (Å²) in [6.07, 6.45) is 0.383. The molecule has 104 valence electrons. The molecular weight excluding hydrogens is 244 g/mol. The van der Waals surface area contributed by atoms with Crippen molar-refractivity contribution < 1.29 is 14.6 Å². The summed E-state index contributed by atoms with van der Waals surface area (Å²) in [6, 6.07) is 7.10. The number of aliphatic hydroxyl groups excluding tert-OH is 1. The fraction of sp³-hybridized carbons (Fsp3) is 0.500. The molecule has 0 unspecified atom stereocenters. The van der Waals surface area contributed by atoms with Gasteiger partial charge in [0.25, 0.3) is 0 Å². The first-order valence-corrected chi connectivity index (χ1v) is 6.55. The van der Waals surface area contributed by atoms with E-state index in [1.807, 2.05) is 38.1 Å². The number of anilines is 1. The van der Waals surface area contributed by atoms with E-state index in [2.05, 4.69) is 5.32 Å². The number of carbonyl (C=O) groups is 1. The molecule has 1 heterocycles. The summed E-state index contributed by atoms with van der Waals surface area (Å²) < 4.78 is 5.53. The van der Waals surface area contributed by atoms with Crippen molar-refractivity contribution in [3.8, 4) is 5.75 Å². The number of amides is 2. The summed E-state index contributed by atoms with van der Waals surface area (Å²) in [5.74, 6) is 0.782. The molecule has 1 aromatic rings. The summed E-state index contributed by atoms with van der Waals surface area (Å²) >= 11 is 0. The van der Waals surface area contributed by atoms with E-state index in [0.717, 1.165) is 11.4 Å². The number of hydrogen-bond acceptors (Lipinski definition) is 3. The molecule has 1 aliphatic heterocycles. The molecule has 0 aliphatic carbocycles. The average Bonchev–Trinajstić information content (AvgIpc) is 2.78. The van der Waals surface area contributed by atoms with Crippen molar-refractivity contribution in [2.75, 3.05) is 18.4 Å². The van der Waals surface area contributed by atoms with Crippen LogP contribution in [0.2, 0.25) is 0 Å². The Morgan fingerprint density at radius 1 is 1.42 bits per heavy atom. The second-order valence-corrected chi connectivity index (χ2v) is 5.01. The lowest BCUT2D eigenvalue weighted by Gasteiger charge is -2.16. The van der Waals surface area contributed by atoms with E-state index >= 15 is 0 Å². The van der Waals surface area contributed by atoms with E-state index in [1.54, 1.807) is 4.90 Å². The number of nitrogens with zero attached hydrogens (tertiary/aromatic N) is 1. The summed E-state index contributed by atoms with van der Waals surface area (Å²) in [7, 11) is 0. The minimum Gasteiger partial charge on any atom is -0.491 e. The monoisotopic (exact) mass is 264 g/mol. The van der Waals surface area contributed by atoms with Gasteiger partial charge in [0.2, 0.25) is 0 Å². The number of rotatable bonds is 3. The van der Waals surface area contributed by atoms with E-state index in [-0.39, 0.29) is 12.1 Å². The van der Waals surface area contributed by atoms with Gasteiger partial charge in [-0.05, 0) is 44.5 Å². The Morgan fingerprint density at radius 2 is 2.11 bits per heavy atom. The number of carbonyl (C=O) groups excluding carboxylic acids is 1. The molecule has 19 heavy (non-hydrogen) atoms. The molecule has 2 rings (SSSR count). The number of β-amino-alcohol motifs (C(OH)–C–C–N with tert-alkyl or cyclic N) is 1. The van der Waals surface area contributed by atoms with Gasteiger partial charge >= 0.3 is 6.03 Å². The van der Waals surface area contributed by atoms with Gasteiger partial charge in [0.1, 0.15) is 5.75 Å². The van der Waals surface area contributed by atoms with Crippen LogP contribution in [0.25, 0.3) is 0 Å². The number of ether oxygens (including phenoxy) is 1. The first kappa shape index (κ1) is 13.7. The Morgan fingerprint density at radius 3 is 2.63 bits per heavy atom. The minimum atomic E-state index is -0.396. The van der Waals surface area contributed by atoms with Gasteiger partial charge in [-0.3, -0.25) is 0 Å². The highest BCUT2D eigenvalue weighted by atomic mass is 16.5. The van der Waals surface area contributed by atoms with Gasteiger partial charge in [-0.1, -0.05) is 0 Å². The maximum Gasteiger partial charge on any atom is 0.321 e. The zero-order valence-corrected chi connectivity index (χ0v) is 11.3. The summed E-state index contributed by atoms with van der Waals surface area (Å²) in [4.78, 5) is 13.5. The van der Waals surface area contributed by atoms with Gasteiger partial charge in [-0.2, -0.15) is 0 Å². The Balaban J connectivity index is 1.90. The van der Waals surface area contributed by atoms with Crippen LogP contribution in [-0.4, -0.2) is 41.3 Å². The van der Waals surface area contributed by atoms with Gasteiger partial charge in [-0.15, -0.1) is 0 Å². The van der Waals surface area contributed by atoms with E-state index < -0.39 is 6.10 Å². The topological polar surface area (TPSA) is 61.8 Å². The van der Waals surface area contributed by atoms with Crippen molar-refractivity contribution in [2.45, 2.75) is 32.5 Å². The molecule has 2 N–H and O–H groups in total. The molecule has 1 fully saturated rings. The molecule has 5 nitrogen and oxygen atoms in total. The molecule has 0 bridgehead atoms. The Kier molecular flexibility index (Phi) is 4.27. The van der Waals surface area contributed by atoms with Gasteiger partial charge in [0.05, 0.1) is 12.2 Å². The first-order chi connectivity index (χ1) is 9.04. The van der Waals surface area contributed by atoms with Crippen LogP contribution in [0, 0.1) is 0 Å². The van der Waals surface area contributed by atoms with Crippen LogP contribution in [0.5, 0.6) is 5.75 Å². The zero-order valence-electron chi connectivity index (χ0n) is 11.3. The van der Waals surface area contributed by atoms with Crippen molar-refractivity contribution in [1.82, 2.24) is 4.90 Å². The molecule has 1 atom stereocenters. The molecule has 5 heteroatoms. The molecular formula is C14H20N2O3. The normalized spacial score (nSPS) is 18.7. The standard InChI is InChI=1S/C14H20N2O3/c1-10(2)19-13-5-3-11(4-6-13)15-14(18)16-8-7-12(17)9-16/h3-6,10,12,17H,7-9H2,1-2H3,(H,15,18)/t12-/m1/s1. The Hall–Kier alpha value is -1.75. The lowest BCUT2D eigenvalue weighted by Crippen LogP contribution is -2.33. The van der Waals surface area contributed by atoms with Crippen molar-refractivity contribution in [1.29, 1.82) is 0 Å².